The van der Waals surface area contributed by atoms with E-state index in [2.05, 4.69) is 27.1 Å². The number of nitrogens with one attached hydrogen (secondary N) is 2. The highest BCUT2D eigenvalue weighted by molar-refractivity contribution is 5.41. The van der Waals surface area contributed by atoms with Gasteiger partial charge in [-0.05, 0) is 18.8 Å². The summed E-state index contributed by atoms with van der Waals surface area (Å²) >= 11 is 0. The Morgan fingerprint density at radius 3 is 3.06 bits per heavy atom. The van der Waals surface area contributed by atoms with E-state index in [1.807, 2.05) is 6.92 Å². The van der Waals surface area contributed by atoms with Crippen LogP contribution in [0.25, 0.3) is 0 Å². The average molecular weight is 248 g/mol. The minimum Gasteiger partial charge on any atom is -0.353 e. The summed E-state index contributed by atoms with van der Waals surface area (Å²) in [5.41, 5.74) is -0.0424. The molecule has 5 heteroatoms. The highest BCUT2D eigenvalue weighted by Crippen LogP contribution is 2.34. The van der Waals surface area contributed by atoms with Crippen molar-refractivity contribution in [3.05, 3.63) is 22.2 Å². The van der Waals surface area contributed by atoms with E-state index < -0.39 is 0 Å². The minimum atomic E-state index is -0.0424. The Bertz CT molecular complexity index is 498. The lowest BCUT2D eigenvalue weighted by Gasteiger charge is -2.25. The molecule has 0 aromatic carbocycles. The van der Waals surface area contributed by atoms with Crippen LogP contribution in [0.15, 0.2) is 10.9 Å². The number of aryl methyl sites for hydroxylation is 1. The molecule has 0 bridgehead atoms. The monoisotopic (exact) mass is 248 g/mol. The lowest BCUT2D eigenvalue weighted by molar-refractivity contribution is 0.471. The lowest BCUT2D eigenvalue weighted by atomic mass is 9.95. The maximum atomic E-state index is 11.6. The van der Waals surface area contributed by atoms with E-state index in [9.17, 15) is 4.79 Å². The van der Waals surface area contributed by atoms with Gasteiger partial charge in [0.1, 0.15) is 11.6 Å². The largest absolute Gasteiger partial charge is 0.353 e. The van der Waals surface area contributed by atoms with Crippen LogP contribution in [0.4, 0.5) is 5.82 Å². The fourth-order valence-electron chi connectivity index (χ4n) is 3.28. The van der Waals surface area contributed by atoms with E-state index in [1.54, 1.807) is 6.07 Å². The molecule has 0 radical (unpaired) electrons. The second-order valence-electron chi connectivity index (χ2n) is 5.38. The molecule has 18 heavy (non-hydrogen) atoms. The third-order valence-electron chi connectivity index (χ3n) is 4.34. The van der Waals surface area contributed by atoms with Gasteiger partial charge in [-0.15, -0.1) is 0 Å². The molecule has 0 amide bonds. The Balaban J connectivity index is 1.91. The van der Waals surface area contributed by atoms with Crippen LogP contribution in [0.2, 0.25) is 0 Å². The summed E-state index contributed by atoms with van der Waals surface area (Å²) in [5, 5.41) is 3.45. The lowest BCUT2D eigenvalue weighted by Crippen LogP contribution is -2.34. The summed E-state index contributed by atoms with van der Waals surface area (Å²) in [6.07, 6.45) is 0.764. The van der Waals surface area contributed by atoms with Crippen molar-refractivity contribution in [1.29, 1.82) is 0 Å². The summed E-state index contributed by atoms with van der Waals surface area (Å²) < 4.78 is 0. The van der Waals surface area contributed by atoms with Gasteiger partial charge in [-0.3, -0.25) is 4.79 Å². The van der Waals surface area contributed by atoms with Crippen molar-refractivity contribution >= 4 is 5.82 Å². The van der Waals surface area contributed by atoms with Crippen LogP contribution >= 0.6 is 0 Å². The van der Waals surface area contributed by atoms with E-state index in [-0.39, 0.29) is 5.56 Å². The van der Waals surface area contributed by atoms with Crippen molar-refractivity contribution in [2.24, 2.45) is 11.8 Å². The molecule has 2 fully saturated rings. The predicted octanol–water partition coefficient (Wildman–Crippen LogP) is 0.376. The second kappa shape index (κ2) is 4.39. The number of anilines is 1. The molecular formula is C13H20N4O. The highest BCUT2D eigenvalue weighted by Gasteiger charge is 2.42. The molecule has 5 nitrogen and oxygen atoms in total. The Hall–Kier alpha value is -1.36. The zero-order valence-electron chi connectivity index (χ0n) is 10.9. The van der Waals surface area contributed by atoms with Crippen LogP contribution in [-0.2, 0) is 6.42 Å². The highest BCUT2D eigenvalue weighted by atomic mass is 16.1. The Labute approximate surface area is 107 Å². The van der Waals surface area contributed by atoms with E-state index >= 15 is 0 Å². The molecular weight excluding hydrogens is 228 g/mol. The number of rotatable bonds is 2. The first-order valence-electron chi connectivity index (χ1n) is 6.76. The second-order valence-corrected chi connectivity index (χ2v) is 5.38. The molecule has 3 unspecified atom stereocenters. The molecule has 3 rings (SSSR count). The van der Waals surface area contributed by atoms with Gasteiger partial charge in [-0.1, -0.05) is 6.92 Å². The molecule has 2 aliphatic heterocycles. The number of nitrogens with zero attached hydrogens (tertiary/aromatic N) is 2. The summed E-state index contributed by atoms with van der Waals surface area (Å²) in [6, 6.07) is 2.09. The van der Waals surface area contributed by atoms with Gasteiger partial charge in [-0.25, -0.2) is 4.98 Å². The number of aromatic nitrogens is 2. The van der Waals surface area contributed by atoms with Gasteiger partial charge >= 0.3 is 0 Å². The Kier molecular flexibility index (Phi) is 2.86. The maximum Gasteiger partial charge on any atom is 0.252 e. The smallest absolute Gasteiger partial charge is 0.252 e. The fourth-order valence-corrected chi connectivity index (χ4v) is 3.28. The summed E-state index contributed by atoms with van der Waals surface area (Å²) in [5.74, 6) is 3.01. The number of aromatic amines is 1. The molecule has 2 N–H and O–H groups in total. The molecule has 1 aromatic rings. The number of hydrogen-bond acceptors (Lipinski definition) is 4. The van der Waals surface area contributed by atoms with Crippen LogP contribution in [-0.4, -0.2) is 35.6 Å². The van der Waals surface area contributed by atoms with Gasteiger partial charge in [0.15, 0.2) is 0 Å². The summed E-state index contributed by atoms with van der Waals surface area (Å²) in [6.45, 7) is 7.44. The van der Waals surface area contributed by atoms with Gasteiger partial charge in [0.05, 0.1) is 0 Å². The molecule has 98 valence electrons. The molecule has 3 heterocycles. The van der Waals surface area contributed by atoms with Crippen molar-refractivity contribution in [3.63, 3.8) is 0 Å². The molecule has 2 saturated heterocycles. The van der Waals surface area contributed by atoms with Crippen molar-refractivity contribution in [1.82, 2.24) is 15.3 Å². The van der Waals surface area contributed by atoms with Gasteiger partial charge in [0.25, 0.3) is 5.56 Å². The van der Waals surface area contributed by atoms with Gasteiger partial charge in [0.2, 0.25) is 0 Å². The SMILES string of the molecule is CCc1nc(N2CC3CNCC3C2C)cc(=O)[nH]1. The normalized spacial score (nSPS) is 30.8. The van der Waals surface area contributed by atoms with Crippen molar-refractivity contribution in [2.75, 3.05) is 24.5 Å². The summed E-state index contributed by atoms with van der Waals surface area (Å²) in [7, 11) is 0. The predicted molar refractivity (Wildman–Crippen MR) is 70.9 cm³/mol. The van der Waals surface area contributed by atoms with Crippen molar-refractivity contribution in [3.8, 4) is 0 Å². The molecule has 0 saturated carbocycles. The molecule has 1 aromatic heterocycles. The van der Waals surface area contributed by atoms with E-state index in [4.69, 9.17) is 0 Å². The van der Waals surface area contributed by atoms with E-state index in [0.29, 0.717) is 17.9 Å². The molecule has 0 spiro atoms. The Morgan fingerprint density at radius 1 is 1.50 bits per heavy atom. The fraction of sp³-hybridized carbons (Fsp3) is 0.692. The van der Waals surface area contributed by atoms with Gasteiger partial charge in [0, 0.05) is 38.2 Å². The quantitative estimate of drug-likeness (QED) is 0.794. The van der Waals surface area contributed by atoms with Crippen LogP contribution in [0, 0.1) is 11.8 Å². The van der Waals surface area contributed by atoms with Crippen LogP contribution < -0.4 is 15.8 Å². The zero-order chi connectivity index (χ0) is 12.7. The topological polar surface area (TPSA) is 61.0 Å². The molecule has 2 aliphatic rings. The number of fused-ring (bicyclic) bond motifs is 1. The van der Waals surface area contributed by atoms with Gasteiger partial charge < -0.3 is 15.2 Å². The first-order valence-corrected chi connectivity index (χ1v) is 6.76. The maximum absolute atomic E-state index is 11.6. The first-order chi connectivity index (χ1) is 8.69. The third kappa shape index (κ3) is 1.82. The Morgan fingerprint density at radius 2 is 2.33 bits per heavy atom. The number of H-pyrrole nitrogens is 1. The van der Waals surface area contributed by atoms with Crippen LogP contribution in [0.1, 0.15) is 19.7 Å². The van der Waals surface area contributed by atoms with Crippen LogP contribution in [0.5, 0.6) is 0 Å². The van der Waals surface area contributed by atoms with Crippen LogP contribution in [0.3, 0.4) is 0 Å². The molecule has 3 atom stereocenters. The third-order valence-corrected chi connectivity index (χ3v) is 4.34. The minimum absolute atomic E-state index is 0.0424. The van der Waals surface area contributed by atoms with E-state index in [1.165, 1.54) is 0 Å². The van der Waals surface area contributed by atoms with Gasteiger partial charge in [-0.2, -0.15) is 0 Å². The van der Waals surface area contributed by atoms with E-state index in [0.717, 1.165) is 37.7 Å². The number of hydrogen-bond donors (Lipinski definition) is 2. The summed E-state index contributed by atoms with van der Waals surface area (Å²) in [4.78, 5) is 21.3. The standard InChI is InChI=1S/C13H20N4O/c1-3-11-15-12(4-13(18)16-11)17-7-9-5-14-6-10(9)8(17)2/h4,8-10,14H,3,5-7H2,1-2H3,(H,15,16,18). The average Bonchev–Trinajstić information content (AvgIpc) is 2.92. The van der Waals surface area contributed by atoms with Crippen molar-refractivity contribution < 1.29 is 0 Å². The first kappa shape index (κ1) is 11.7. The molecule has 0 aliphatic carbocycles. The zero-order valence-corrected chi connectivity index (χ0v) is 10.9. The van der Waals surface area contributed by atoms with Crippen molar-refractivity contribution in [2.45, 2.75) is 26.3 Å².